The lowest BCUT2D eigenvalue weighted by molar-refractivity contribution is -0.121. The minimum Gasteiger partial charge on any atom is -0.383 e. The fraction of sp³-hybridized carbons (Fsp3) is 0.500. The number of hydrogen-bond acceptors (Lipinski definition) is 3. The first-order valence-electron chi connectivity index (χ1n) is 7.62. The molecule has 6 heteroatoms. The number of benzene rings is 1. The Kier molecular flexibility index (Phi) is 5.77. The summed E-state index contributed by atoms with van der Waals surface area (Å²) in [4.78, 5) is 24.3. The van der Waals surface area contributed by atoms with Crippen LogP contribution in [0.4, 0.5) is 0 Å². The zero-order valence-electron chi connectivity index (χ0n) is 13.2. The Morgan fingerprint density at radius 1 is 1.18 bits per heavy atom. The Labute approximate surface area is 129 Å². The average Bonchev–Trinajstić information content (AvgIpc) is 2.79. The first-order valence-corrected chi connectivity index (χ1v) is 7.62. The van der Waals surface area contributed by atoms with E-state index in [0.29, 0.717) is 26.2 Å². The van der Waals surface area contributed by atoms with E-state index in [1.54, 1.807) is 16.2 Å². The number of carbonyl (C=O) groups excluding carboxylic acids is 1. The van der Waals surface area contributed by atoms with E-state index in [-0.39, 0.29) is 18.0 Å². The van der Waals surface area contributed by atoms with Crippen LogP contribution in [0.5, 0.6) is 0 Å². The molecule has 1 aromatic heterocycles. The van der Waals surface area contributed by atoms with Crippen LogP contribution < -0.4 is 11.0 Å². The van der Waals surface area contributed by atoms with Crippen LogP contribution in [-0.4, -0.2) is 35.3 Å². The van der Waals surface area contributed by atoms with E-state index in [2.05, 4.69) is 5.32 Å². The second-order valence-corrected chi connectivity index (χ2v) is 5.17. The van der Waals surface area contributed by atoms with Crippen molar-refractivity contribution >= 4 is 16.9 Å². The zero-order valence-corrected chi connectivity index (χ0v) is 13.2. The summed E-state index contributed by atoms with van der Waals surface area (Å²) in [7, 11) is 1.59. The highest BCUT2D eigenvalue weighted by Crippen LogP contribution is 2.13. The summed E-state index contributed by atoms with van der Waals surface area (Å²) in [5, 5.41) is 2.77. The number of amides is 1. The van der Waals surface area contributed by atoms with Crippen LogP contribution >= 0.6 is 0 Å². The molecular weight excluding hydrogens is 282 g/mol. The molecule has 0 spiro atoms. The van der Waals surface area contributed by atoms with Crippen LogP contribution in [0.2, 0.25) is 0 Å². The third kappa shape index (κ3) is 3.57. The van der Waals surface area contributed by atoms with Crippen LogP contribution in [0.1, 0.15) is 19.8 Å². The topological polar surface area (TPSA) is 65.3 Å². The number of hydrogen-bond donors (Lipinski definition) is 1. The summed E-state index contributed by atoms with van der Waals surface area (Å²) in [6, 6.07) is 7.70. The van der Waals surface area contributed by atoms with Crippen molar-refractivity contribution in [1.29, 1.82) is 0 Å². The lowest BCUT2D eigenvalue weighted by Crippen LogP contribution is -2.30. The molecule has 6 nitrogen and oxygen atoms in total. The molecule has 1 aromatic carbocycles. The van der Waals surface area contributed by atoms with E-state index in [1.165, 1.54) is 0 Å². The number of rotatable bonds is 8. The molecule has 2 rings (SSSR count). The Hall–Kier alpha value is -2.08. The second-order valence-electron chi connectivity index (χ2n) is 5.17. The number of aryl methyl sites for hydroxylation is 2. The Morgan fingerprint density at radius 2 is 1.82 bits per heavy atom. The molecule has 1 heterocycles. The maximum absolute atomic E-state index is 12.5. The maximum Gasteiger partial charge on any atom is 0.329 e. The van der Waals surface area contributed by atoms with E-state index < -0.39 is 0 Å². The smallest absolute Gasteiger partial charge is 0.329 e. The molecule has 22 heavy (non-hydrogen) atoms. The molecule has 0 saturated heterocycles. The number of fused-ring (bicyclic) bond motifs is 1. The summed E-state index contributed by atoms with van der Waals surface area (Å²) < 4.78 is 8.35. The van der Waals surface area contributed by atoms with Gasteiger partial charge >= 0.3 is 5.69 Å². The van der Waals surface area contributed by atoms with Gasteiger partial charge in [-0.15, -0.1) is 0 Å². The molecule has 0 bridgehead atoms. The van der Waals surface area contributed by atoms with Gasteiger partial charge in [0.25, 0.3) is 0 Å². The maximum atomic E-state index is 12.5. The van der Waals surface area contributed by atoms with Gasteiger partial charge in [0.05, 0.1) is 17.6 Å². The third-order valence-corrected chi connectivity index (χ3v) is 3.56. The van der Waals surface area contributed by atoms with Gasteiger partial charge < -0.3 is 10.1 Å². The quantitative estimate of drug-likeness (QED) is 0.749. The lowest BCUT2D eigenvalue weighted by Gasteiger charge is -2.05. The highest BCUT2D eigenvalue weighted by atomic mass is 16.5. The number of methoxy groups -OCH3 is 1. The van der Waals surface area contributed by atoms with E-state index in [0.717, 1.165) is 17.5 Å². The molecule has 0 radical (unpaired) electrons. The summed E-state index contributed by atoms with van der Waals surface area (Å²) >= 11 is 0. The predicted molar refractivity (Wildman–Crippen MR) is 86.0 cm³/mol. The first kappa shape index (κ1) is 16.3. The van der Waals surface area contributed by atoms with Gasteiger partial charge in [-0.2, -0.15) is 0 Å². The highest BCUT2D eigenvalue weighted by Gasteiger charge is 2.13. The van der Waals surface area contributed by atoms with Gasteiger partial charge in [0.2, 0.25) is 5.91 Å². The van der Waals surface area contributed by atoms with Gasteiger partial charge in [0, 0.05) is 33.2 Å². The molecule has 0 atom stereocenters. The van der Waals surface area contributed by atoms with Crippen LogP contribution in [0.3, 0.4) is 0 Å². The normalized spacial score (nSPS) is 11.0. The molecule has 0 aliphatic carbocycles. The minimum atomic E-state index is -0.0729. The third-order valence-electron chi connectivity index (χ3n) is 3.56. The van der Waals surface area contributed by atoms with Crippen LogP contribution in [0, 0.1) is 0 Å². The fourth-order valence-electron chi connectivity index (χ4n) is 2.52. The standard InChI is InChI=1S/C16H23N3O3/c1-3-10-18-13-6-4-5-7-14(13)19(16(18)21)11-8-15(20)17-9-12-22-2/h4-7H,3,8-12H2,1-2H3,(H,17,20). The van der Waals surface area contributed by atoms with Gasteiger partial charge in [0.1, 0.15) is 0 Å². The van der Waals surface area contributed by atoms with E-state index in [4.69, 9.17) is 4.74 Å². The van der Waals surface area contributed by atoms with Crippen molar-refractivity contribution in [3.8, 4) is 0 Å². The number of nitrogens with zero attached hydrogens (tertiary/aromatic N) is 2. The predicted octanol–water partition coefficient (Wildman–Crippen LogP) is 1.37. The summed E-state index contributed by atoms with van der Waals surface area (Å²) in [6.45, 7) is 4.09. The van der Waals surface area contributed by atoms with Gasteiger partial charge in [-0.05, 0) is 18.6 Å². The Bertz CT molecular complexity index is 687. The van der Waals surface area contributed by atoms with Crippen molar-refractivity contribution in [2.24, 2.45) is 0 Å². The van der Waals surface area contributed by atoms with Gasteiger partial charge in [-0.1, -0.05) is 19.1 Å². The Balaban J connectivity index is 2.16. The fourth-order valence-corrected chi connectivity index (χ4v) is 2.52. The first-order chi connectivity index (χ1) is 10.7. The molecule has 0 saturated carbocycles. The molecule has 0 aliphatic heterocycles. The average molecular weight is 305 g/mol. The van der Waals surface area contributed by atoms with Crippen LogP contribution in [-0.2, 0) is 22.6 Å². The van der Waals surface area contributed by atoms with Crippen LogP contribution in [0.15, 0.2) is 29.1 Å². The van der Waals surface area contributed by atoms with Gasteiger partial charge in [-0.25, -0.2) is 4.79 Å². The van der Waals surface area contributed by atoms with Crippen LogP contribution in [0.25, 0.3) is 11.0 Å². The minimum absolute atomic E-state index is 0.0484. The van der Waals surface area contributed by atoms with Crippen molar-refractivity contribution in [3.05, 3.63) is 34.7 Å². The molecule has 0 fully saturated rings. The molecule has 1 amide bonds. The van der Waals surface area contributed by atoms with E-state index in [1.807, 2.05) is 31.2 Å². The summed E-state index contributed by atoms with van der Waals surface area (Å²) in [5.41, 5.74) is 1.76. The monoisotopic (exact) mass is 305 g/mol. The van der Waals surface area contributed by atoms with E-state index in [9.17, 15) is 9.59 Å². The SMILES string of the molecule is CCCn1c(=O)n(CCC(=O)NCCOC)c2ccccc21. The summed E-state index contributed by atoms with van der Waals surface area (Å²) in [6.07, 6.45) is 1.18. The zero-order chi connectivity index (χ0) is 15.9. The van der Waals surface area contributed by atoms with E-state index >= 15 is 0 Å². The number of nitrogens with one attached hydrogen (secondary N) is 1. The summed E-state index contributed by atoms with van der Waals surface area (Å²) in [5.74, 6) is -0.0729. The number of para-hydroxylation sites is 2. The number of ether oxygens (including phenoxy) is 1. The molecule has 0 aliphatic rings. The largest absolute Gasteiger partial charge is 0.383 e. The second kappa shape index (κ2) is 7.79. The molecular formula is C16H23N3O3. The number of imidazole rings is 1. The number of carbonyl (C=O) groups is 1. The van der Waals surface area contributed by atoms with Gasteiger partial charge in [-0.3, -0.25) is 13.9 Å². The van der Waals surface area contributed by atoms with Crippen molar-refractivity contribution in [3.63, 3.8) is 0 Å². The highest BCUT2D eigenvalue weighted by molar-refractivity contribution is 5.77. The van der Waals surface area contributed by atoms with Crippen molar-refractivity contribution in [1.82, 2.24) is 14.5 Å². The van der Waals surface area contributed by atoms with Crippen molar-refractivity contribution < 1.29 is 9.53 Å². The molecule has 0 unspecified atom stereocenters. The molecule has 2 aromatic rings. The number of aromatic nitrogens is 2. The lowest BCUT2D eigenvalue weighted by atomic mass is 10.3. The molecule has 1 N–H and O–H groups in total. The molecule has 120 valence electrons. The van der Waals surface area contributed by atoms with Crippen molar-refractivity contribution in [2.45, 2.75) is 32.9 Å². The Morgan fingerprint density at radius 3 is 2.41 bits per heavy atom. The van der Waals surface area contributed by atoms with Gasteiger partial charge in [0.15, 0.2) is 0 Å². The van der Waals surface area contributed by atoms with Crippen molar-refractivity contribution in [2.75, 3.05) is 20.3 Å².